The van der Waals surface area contributed by atoms with E-state index in [1.807, 2.05) is 18.2 Å². The van der Waals surface area contributed by atoms with Gasteiger partial charge in [-0.15, -0.1) is 0 Å². The highest BCUT2D eigenvalue weighted by atomic mass is 79.9. The molecule has 1 aromatic carbocycles. The first-order valence-electron chi connectivity index (χ1n) is 5.49. The first-order chi connectivity index (χ1) is 8.15. The molecule has 2 aromatic rings. The largest absolute Gasteiger partial charge is 0.388 e. The average molecular weight is 292 g/mol. The zero-order valence-electron chi connectivity index (χ0n) is 9.60. The van der Waals surface area contributed by atoms with Crippen LogP contribution in [0.25, 0.3) is 0 Å². The van der Waals surface area contributed by atoms with Gasteiger partial charge in [-0.25, -0.2) is 0 Å². The SMILES string of the molecule is Cc1ccc(CC(O)c2cncc(Br)c2)cc1. The molecule has 1 atom stereocenters. The molecule has 0 amide bonds. The molecule has 1 N–H and O–H groups in total. The van der Waals surface area contributed by atoms with Crippen molar-refractivity contribution in [2.24, 2.45) is 0 Å². The maximum absolute atomic E-state index is 10.1. The summed E-state index contributed by atoms with van der Waals surface area (Å²) >= 11 is 3.35. The number of rotatable bonds is 3. The van der Waals surface area contributed by atoms with E-state index in [9.17, 15) is 5.11 Å². The summed E-state index contributed by atoms with van der Waals surface area (Å²) in [5.41, 5.74) is 3.19. The molecule has 0 radical (unpaired) electrons. The van der Waals surface area contributed by atoms with Crippen LogP contribution >= 0.6 is 15.9 Å². The molecule has 2 rings (SSSR count). The molecule has 0 bridgehead atoms. The van der Waals surface area contributed by atoms with E-state index < -0.39 is 6.10 Å². The summed E-state index contributed by atoms with van der Waals surface area (Å²) in [5, 5.41) is 10.1. The molecule has 1 aromatic heterocycles. The van der Waals surface area contributed by atoms with E-state index in [2.05, 4.69) is 40.0 Å². The highest BCUT2D eigenvalue weighted by Gasteiger charge is 2.09. The summed E-state index contributed by atoms with van der Waals surface area (Å²) in [6.45, 7) is 2.05. The normalized spacial score (nSPS) is 12.4. The number of aliphatic hydroxyl groups excluding tert-OH is 1. The lowest BCUT2D eigenvalue weighted by Crippen LogP contribution is -2.02. The van der Waals surface area contributed by atoms with Gasteiger partial charge in [-0.3, -0.25) is 4.98 Å². The van der Waals surface area contributed by atoms with Crippen LogP contribution in [0.15, 0.2) is 47.2 Å². The Kier molecular flexibility index (Phi) is 3.92. The standard InChI is InChI=1S/C14H14BrNO/c1-10-2-4-11(5-3-10)6-14(17)12-7-13(15)9-16-8-12/h2-5,7-9,14,17H,6H2,1H3. The fraction of sp³-hybridized carbons (Fsp3) is 0.214. The number of pyridine rings is 1. The Morgan fingerprint density at radius 1 is 1.24 bits per heavy atom. The quantitative estimate of drug-likeness (QED) is 0.940. The number of aliphatic hydroxyl groups is 1. The number of nitrogens with zero attached hydrogens (tertiary/aromatic N) is 1. The Labute approximate surface area is 109 Å². The van der Waals surface area contributed by atoms with Crippen LogP contribution in [0.5, 0.6) is 0 Å². The monoisotopic (exact) mass is 291 g/mol. The summed E-state index contributed by atoms with van der Waals surface area (Å²) in [6, 6.07) is 10.1. The number of hydrogen-bond donors (Lipinski definition) is 1. The molecule has 0 spiro atoms. The number of benzene rings is 1. The van der Waals surface area contributed by atoms with E-state index in [-0.39, 0.29) is 0 Å². The van der Waals surface area contributed by atoms with Gasteiger partial charge in [0.1, 0.15) is 0 Å². The molecular formula is C14H14BrNO. The van der Waals surface area contributed by atoms with Crippen molar-refractivity contribution in [3.8, 4) is 0 Å². The van der Waals surface area contributed by atoms with Gasteiger partial charge in [-0.1, -0.05) is 29.8 Å². The van der Waals surface area contributed by atoms with E-state index in [4.69, 9.17) is 0 Å². The van der Waals surface area contributed by atoms with Crippen molar-refractivity contribution in [2.45, 2.75) is 19.4 Å². The minimum atomic E-state index is -0.511. The highest BCUT2D eigenvalue weighted by molar-refractivity contribution is 9.10. The van der Waals surface area contributed by atoms with Crippen LogP contribution in [-0.4, -0.2) is 10.1 Å². The van der Waals surface area contributed by atoms with Crippen LogP contribution < -0.4 is 0 Å². The van der Waals surface area contributed by atoms with Gasteiger partial charge < -0.3 is 5.11 Å². The molecule has 0 fully saturated rings. The van der Waals surface area contributed by atoms with Gasteiger partial charge in [0.05, 0.1) is 6.10 Å². The lowest BCUT2D eigenvalue weighted by molar-refractivity contribution is 0.178. The zero-order chi connectivity index (χ0) is 12.3. The molecular weight excluding hydrogens is 278 g/mol. The molecule has 17 heavy (non-hydrogen) atoms. The molecule has 3 heteroatoms. The van der Waals surface area contributed by atoms with Crippen molar-refractivity contribution in [3.63, 3.8) is 0 Å². The Bertz CT molecular complexity index is 496. The van der Waals surface area contributed by atoms with Gasteiger partial charge in [0.15, 0.2) is 0 Å². The molecule has 0 aliphatic heterocycles. The van der Waals surface area contributed by atoms with Crippen molar-refractivity contribution in [1.82, 2.24) is 4.98 Å². The van der Waals surface area contributed by atoms with Crippen LogP contribution in [0.3, 0.4) is 0 Å². The van der Waals surface area contributed by atoms with Gasteiger partial charge in [0.2, 0.25) is 0 Å². The van der Waals surface area contributed by atoms with Crippen molar-refractivity contribution in [3.05, 3.63) is 63.9 Å². The second-order valence-corrected chi connectivity index (χ2v) is 5.06. The van der Waals surface area contributed by atoms with Crippen molar-refractivity contribution < 1.29 is 5.11 Å². The third-order valence-corrected chi connectivity index (χ3v) is 3.09. The molecule has 0 aliphatic carbocycles. The molecule has 88 valence electrons. The number of aromatic nitrogens is 1. The van der Waals surface area contributed by atoms with E-state index in [1.165, 1.54) is 5.56 Å². The van der Waals surface area contributed by atoms with Gasteiger partial charge in [-0.2, -0.15) is 0 Å². The maximum Gasteiger partial charge on any atom is 0.0845 e. The first kappa shape index (κ1) is 12.3. The molecule has 0 saturated heterocycles. The smallest absolute Gasteiger partial charge is 0.0845 e. The topological polar surface area (TPSA) is 33.1 Å². The fourth-order valence-corrected chi connectivity index (χ4v) is 2.06. The summed E-state index contributed by atoms with van der Waals surface area (Å²) < 4.78 is 0.887. The predicted octanol–water partition coefficient (Wildman–Crippen LogP) is 3.43. The number of aryl methyl sites for hydroxylation is 1. The lowest BCUT2D eigenvalue weighted by atomic mass is 10.0. The maximum atomic E-state index is 10.1. The van der Waals surface area contributed by atoms with Crippen LogP contribution in [0.4, 0.5) is 0 Å². The lowest BCUT2D eigenvalue weighted by Gasteiger charge is -2.11. The third-order valence-electron chi connectivity index (χ3n) is 2.66. The minimum absolute atomic E-state index is 0.511. The molecule has 0 saturated carbocycles. The van der Waals surface area contributed by atoms with Crippen molar-refractivity contribution in [1.29, 1.82) is 0 Å². The Hall–Kier alpha value is -1.19. The summed E-state index contributed by atoms with van der Waals surface area (Å²) in [5.74, 6) is 0. The molecule has 1 heterocycles. The van der Waals surface area contributed by atoms with Crippen LogP contribution in [-0.2, 0) is 6.42 Å². The second kappa shape index (κ2) is 5.43. The Balaban J connectivity index is 2.11. The predicted molar refractivity (Wildman–Crippen MR) is 71.8 cm³/mol. The third kappa shape index (κ3) is 3.38. The Morgan fingerprint density at radius 3 is 2.59 bits per heavy atom. The van der Waals surface area contributed by atoms with Gasteiger partial charge in [0, 0.05) is 28.9 Å². The van der Waals surface area contributed by atoms with Gasteiger partial charge in [0.25, 0.3) is 0 Å². The van der Waals surface area contributed by atoms with Gasteiger partial charge >= 0.3 is 0 Å². The van der Waals surface area contributed by atoms with Crippen molar-refractivity contribution in [2.75, 3.05) is 0 Å². The minimum Gasteiger partial charge on any atom is -0.388 e. The van der Waals surface area contributed by atoms with E-state index in [1.54, 1.807) is 12.4 Å². The zero-order valence-corrected chi connectivity index (χ0v) is 11.2. The summed E-state index contributed by atoms with van der Waals surface area (Å²) in [7, 11) is 0. The fourth-order valence-electron chi connectivity index (χ4n) is 1.68. The summed E-state index contributed by atoms with van der Waals surface area (Å²) in [4.78, 5) is 4.05. The molecule has 1 unspecified atom stereocenters. The average Bonchev–Trinajstić information content (AvgIpc) is 2.32. The van der Waals surface area contributed by atoms with Gasteiger partial charge in [-0.05, 0) is 34.5 Å². The van der Waals surface area contributed by atoms with Crippen LogP contribution in [0.1, 0.15) is 22.8 Å². The van der Waals surface area contributed by atoms with Crippen LogP contribution in [0.2, 0.25) is 0 Å². The van der Waals surface area contributed by atoms with Crippen LogP contribution in [0, 0.1) is 6.92 Å². The Morgan fingerprint density at radius 2 is 1.94 bits per heavy atom. The second-order valence-electron chi connectivity index (χ2n) is 4.14. The first-order valence-corrected chi connectivity index (χ1v) is 6.28. The molecule has 0 aliphatic rings. The van der Waals surface area contributed by atoms with E-state index >= 15 is 0 Å². The van der Waals surface area contributed by atoms with E-state index in [0.717, 1.165) is 15.6 Å². The highest BCUT2D eigenvalue weighted by Crippen LogP contribution is 2.20. The number of hydrogen-bond acceptors (Lipinski definition) is 2. The number of halogens is 1. The molecule has 2 nitrogen and oxygen atoms in total. The summed E-state index contributed by atoms with van der Waals surface area (Å²) in [6.07, 6.45) is 3.51. The van der Waals surface area contributed by atoms with Crippen molar-refractivity contribution >= 4 is 15.9 Å². The van der Waals surface area contributed by atoms with E-state index in [0.29, 0.717) is 6.42 Å².